The van der Waals surface area contributed by atoms with Crippen molar-refractivity contribution in [1.82, 2.24) is 0 Å². The van der Waals surface area contributed by atoms with Gasteiger partial charge in [-0.3, -0.25) is 4.79 Å². The van der Waals surface area contributed by atoms with Gasteiger partial charge < -0.3 is 14.6 Å². The molecule has 1 heterocycles. The van der Waals surface area contributed by atoms with E-state index in [1.165, 1.54) is 11.1 Å². The highest BCUT2D eigenvalue weighted by Crippen LogP contribution is 2.39. The van der Waals surface area contributed by atoms with Crippen molar-refractivity contribution in [2.24, 2.45) is 5.92 Å². The van der Waals surface area contributed by atoms with Gasteiger partial charge >= 0.3 is 5.97 Å². The summed E-state index contributed by atoms with van der Waals surface area (Å²) in [5, 5.41) is 10.9. The number of benzene rings is 3. The number of hydrogen-bond acceptors (Lipinski definition) is 4. The lowest BCUT2D eigenvalue weighted by molar-refractivity contribution is -0.134. The summed E-state index contributed by atoms with van der Waals surface area (Å²) in [4.78, 5) is 11.7. The zero-order valence-corrected chi connectivity index (χ0v) is 17.1. The second-order valence-electron chi connectivity index (χ2n) is 7.71. The number of carbonyl (C=O) groups is 1. The Morgan fingerprint density at radius 2 is 1.77 bits per heavy atom. The fourth-order valence-electron chi connectivity index (χ4n) is 3.81. The van der Waals surface area contributed by atoms with E-state index in [0.29, 0.717) is 24.5 Å². The second kappa shape index (κ2) is 9.14. The summed E-state index contributed by atoms with van der Waals surface area (Å²) >= 11 is 0. The fourth-order valence-corrected chi connectivity index (χ4v) is 3.81. The Morgan fingerprint density at radius 1 is 1.03 bits per heavy atom. The standard InChI is InChI=1S/C26H26O4/c1-2-6-25(27)30-22-13-14-23-24(16-22)29-17-21(26(23)28)15-18-9-11-20(12-10-18)19-7-4-3-5-8-19/h3-5,7-14,16,21,26,28H,2,6,15,17H2,1H3. The lowest BCUT2D eigenvalue weighted by atomic mass is 9.88. The van der Waals surface area contributed by atoms with Crippen LogP contribution in [-0.4, -0.2) is 17.7 Å². The van der Waals surface area contributed by atoms with Crippen LogP contribution in [0.5, 0.6) is 11.5 Å². The Morgan fingerprint density at radius 3 is 2.50 bits per heavy atom. The minimum atomic E-state index is -0.622. The molecule has 0 aliphatic carbocycles. The summed E-state index contributed by atoms with van der Waals surface area (Å²) in [5.41, 5.74) is 4.27. The topological polar surface area (TPSA) is 55.8 Å². The normalized spacial score (nSPS) is 17.7. The number of rotatable bonds is 6. The van der Waals surface area contributed by atoms with Gasteiger partial charge in [0.25, 0.3) is 0 Å². The third-order valence-corrected chi connectivity index (χ3v) is 5.45. The van der Waals surface area contributed by atoms with Crippen LogP contribution in [0.3, 0.4) is 0 Å². The van der Waals surface area contributed by atoms with Crippen molar-refractivity contribution in [2.45, 2.75) is 32.3 Å². The minimum Gasteiger partial charge on any atom is -0.493 e. The quantitative estimate of drug-likeness (QED) is 0.446. The SMILES string of the molecule is CCCC(=O)Oc1ccc2c(c1)OCC(Cc1ccc(-c3ccccc3)cc1)C2O. The molecule has 0 amide bonds. The van der Waals surface area contributed by atoms with Crippen molar-refractivity contribution >= 4 is 5.97 Å². The summed E-state index contributed by atoms with van der Waals surface area (Å²) in [6, 6.07) is 23.9. The molecule has 4 rings (SSSR count). The highest BCUT2D eigenvalue weighted by Gasteiger charge is 2.30. The van der Waals surface area contributed by atoms with Crippen LogP contribution in [0.15, 0.2) is 72.8 Å². The van der Waals surface area contributed by atoms with E-state index in [2.05, 4.69) is 36.4 Å². The molecule has 1 N–H and O–H groups in total. The van der Waals surface area contributed by atoms with Gasteiger partial charge in [-0.05, 0) is 41.7 Å². The van der Waals surface area contributed by atoms with E-state index in [1.54, 1.807) is 18.2 Å². The molecule has 0 saturated heterocycles. The molecule has 0 saturated carbocycles. The molecule has 1 aliphatic heterocycles. The molecule has 0 radical (unpaired) electrons. The average Bonchev–Trinajstić information content (AvgIpc) is 2.77. The largest absolute Gasteiger partial charge is 0.493 e. The monoisotopic (exact) mass is 402 g/mol. The van der Waals surface area contributed by atoms with E-state index in [1.807, 2.05) is 25.1 Å². The third-order valence-electron chi connectivity index (χ3n) is 5.45. The second-order valence-corrected chi connectivity index (χ2v) is 7.71. The number of hydrogen-bond donors (Lipinski definition) is 1. The van der Waals surface area contributed by atoms with Crippen molar-refractivity contribution in [1.29, 1.82) is 0 Å². The first-order chi connectivity index (χ1) is 14.6. The van der Waals surface area contributed by atoms with Crippen LogP contribution in [0.25, 0.3) is 11.1 Å². The van der Waals surface area contributed by atoms with Gasteiger partial charge in [-0.25, -0.2) is 0 Å². The maximum atomic E-state index is 11.7. The molecule has 1 aliphatic rings. The Kier molecular flexibility index (Phi) is 6.15. The molecule has 3 aromatic rings. The molecule has 2 atom stereocenters. The predicted molar refractivity (Wildman–Crippen MR) is 117 cm³/mol. The summed E-state index contributed by atoms with van der Waals surface area (Å²) < 4.78 is 11.2. The van der Waals surface area contributed by atoms with Gasteiger partial charge in [-0.15, -0.1) is 0 Å². The smallest absolute Gasteiger partial charge is 0.311 e. The van der Waals surface area contributed by atoms with Crippen molar-refractivity contribution in [3.8, 4) is 22.6 Å². The Balaban J connectivity index is 1.43. The maximum Gasteiger partial charge on any atom is 0.311 e. The van der Waals surface area contributed by atoms with Gasteiger partial charge in [0, 0.05) is 24.0 Å². The molecule has 4 heteroatoms. The molecule has 4 nitrogen and oxygen atoms in total. The first kappa shape index (κ1) is 20.2. The molecule has 0 aromatic heterocycles. The highest BCUT2D eigenvalue weighted by molar-refractivity contribution is 5.72. The van der Waals surface area contributed by atoms with Crippen LogP contribution >= 0.6 is 0 Å². The van der Waals surface area contributed by atoms with Gasteiger partial charge in [0.1, 0.15) is 11.5 Å². The highest BCUT2D eigenvalue weighted by atomic mass is 16.5. The summed E-state index contributed by atoms with van der Waals surface area (Å²) in [5.74, 6) is 0.744. The summed E-state index contributed by atoms with van der Waals surface area (Å²) in [6.45, 7) is 2.35. The first-order valence-electron chi connectivity index (χ1n) is 10.4. The molecule has 30 heavy (non-hydrogen) atoms. The minimum absolute atomic E-state index is 0.0337. The Labute approximate surface area is 177 Å². The van der Waals surface area contributed by atoms with Crippen LogP contribution in [0, 0.1) is 5.92 Å². The van der Waals surface area contributed by atoms with Crippen molar-refractivity contribution in [2.75, 3.05) is 6.61 Å². The van der Waals surface area contributed by atoms with Crippen LogP contribution in [0.1, 0.15) is 37.0 Å². The predicted octanol–water partition coefficient (Wildman–Crippen LogP) is 5.34. The van der Waals surface area contributed by atoms with Crippen LogP contribution in [-0.2, 0) is 11.2 Å². The van der Waals surface area contributed by atoms with E-state index in [0.717, 1.165) is 24.0 Å². The van der Waals surface area contributed by atoms with Crippen molar-refractivity contribution in [3.05, 3.63) is 83.9 Å². The molecular weight excluding hydrogens is 376 g/mol. The Bertz CT molecular complexity index is 995. The lowest BCUT2D eigenvalue weighted by Gasteiger charge is -2.30. The lowest BCUT2D eigenvalue weighted by Crippen LogP contribution is -2.27. The van der Waals surface area contributed by atoms with Gasteiger partial charge in [0.2, 0.25) is 0 Å². The van der Waals surface area contributed by atoms with Crippen molar-refractivity contribution in [3.63, 3.8) is 0 Å². The number of fused-ring (bicyclic) bond motifs is 1. The molecule has 0 spiro atoms. The zero-order chi connectivity index (χ0) is 20.9. The first-order valence-corrected chi connectivity index (χ1v) is 10.4. The number of aliphatic hydroxyl groups is 1. The third kappa shape index (κ3) is 4.55. The molecule has 0 bridgehead atoms. The number of esters is 1. The van der Waals surface area contributed by atoms with Gasteiger partial charge in [-0.1, -0.05) is 61.5 Å². The maximum absolute atomic E-state index is 11.7. The van der Waals surface area contributed by atoms with Gasteiger partial charge in [0.15, 0.2) is 0 Å². The number of carbonyl (C=O) groups excluding carboxylic acids is 1. The van der Waals surface area contributed by atoms with E-state index < -0.39 is 6.10 Å². The molecule has 154 valence electrons. The molecular formula is C26H26O4. The van der Waals surface area contributed by atoms with E-state index in [9.17, 15) is 9.90 Å². The Hall–Kier alpha value is -3.11. The van der Waals surface area contributed by atoms with Crippen molar-refractivity contribution < 1.29 is 19.4 Å². The van der Waals surface area contributed by atoms with E-state index in [4.69, 9.17) is 9.47 Å². The molecule has 3 aromatic carbocycles. The fraction of sp³-hybridized carbons (Fsp3) is 0.269. The average molecular weight is 402 g/mol. The van der Waals surface area contributed by atoms with Crippen LogP contribution < -0.4 is 9.47 Å². The zero-order valence-electron chi connectivity index (χ0n) is 17.1. The van der Waals surface area contributed by atoms with Crippen LogP contribution in [0.4, 0.5) is 0 Å². The number of ether oxygens (including phenoxy) is 2. The molecule has 0 fully saturated rings. The summed E-state index contributed by atoms with van der Waals surface area (Å²) in [7, 11) is 0. The van der Waals surface area contributed by atoms with E-state index in [-0.39, 0.29) is 11.9 Å². The summed E-state index contributed by atoms with van der Waals surface area (Å²) in [6.07, 6.45) is 1.23. The molecule has 2 unspecified atom stereocenters. The number of aliphatic hydroxyl groups excluding tert-OH is 1. The van der Waals surface area contributed by atoms with E-state index >= 15 is 0 Å². The van der Waals surface area contributed by atoms with Gasteiger partial charge in [-0.2, -0.15) is 0 Å². The van der Waals surface area contributed by atoms with Gasteiger partial charge in [0.05, 0.1) is 12.7 Å². The van der Waals surface area contributed by atoms with Crippen LogP contribution in [0.2, 0.25) is 0 Å².